The first kappa shape index (κ1) is 13.9. The van der Waals surface area contributed by atoms with E-state index in [1.807, 2.05) is 6.20 Å². The number of hydrogen-bond acceptors (Lipinski definition) is 3. The molecule has 3 nitrogen and oxygen atoms in total. The van der Waals surface area contributed by atoms with Crippen LogP contribution in [0.3, 0.4) is 0 Å². The van der Waals surface area contributed by atoms with Crippen molar-refractivity contribution in [3.63, 3.8) is 0 Å². The Bertz CT molecular complexity index is 438. The van der Waals surface area contributed by atoms with Gasteiger partial charge in [0.25, 0.3) is 0 Å². The van der Waals surface area contributed by atoms with Crippen LogP contribution in [0.25, 0.3) is 0 Å². The van der Waals surface area contributed by atoms with Crippen LogP contribution < -0.4 is 10.2 Å². The van der Waals surface area contributed by atoms with E-state index < -0.39 is 0 Å². The third kappa shape index (κ3) is 3.95. The fourth-order valence-electron chi connectivity index (χ4n) is 2.45. The second kappa shape index (κ2) is 5.36. The van der Waals surface area contributed by atoms with Crippen LogP contribution in [0.15, 0.2) is 18.3 Å². The zero-order valence-corrected chi connectivity index (χ0v) is 13.0. The van der Waals surface area contributed by atoms with Gasteiger partial charge in [-0.15, -0.1) is 0 Å². The fraction of sp³-hybridized carbons (Fsp3) is 0.706. The van der Waals surface area contributed by atoms with E-state index in [-0.39, 0.29) is 5.54 Å². The van der Waals surface area contributed by atoms with Crippen LogP contribution >= 0.6 is 0 Å². The first-order valence-electron chi connectivity index (χ1n) is 7.98. The zero-order chi connectivity index (χ0) is 14.2. The Hall–Kier alpha value is -1.09. The third-order valence-electron chi connectivity index (χ3n) is 4.07. The lowest BCUT2D eigenvalue weighted by molar-refractivity contribution is 0.424. The molecule has 20 heavy (non-hydrogen) atoms. The first-order chi connectivity index (χ1) is 9.51. The van der Waals surface area contributed by atoms with E-state index in [0.717, 1.165) is 18.5 Å². The minimum atomic E-state index is 0.157. The molecule has 2 fully saturated rings. The normalized spacial score (nSPS) is 19.1. The number of rotatable bonds is 6. The molecule has 1 aromatic rings. The molecule has 0 amide bonds. The van der Waals surface area contributed by atoms with Crippen molar-refractivity contribution in [3.05, 3.63) is 23.9 Å². The largest absolute Gasteiger partial charge is 0.353 e. The van der Waals surface area contributed by atoms with Gasteiger partial charge in [-0.1, -0.05) is 6.07 Å². The Morgan fingerprint density at radius 2 is 1.95 bits per heavy atom. The van der Waals surface area contributed by atoms with Crippen LogP contribution in [0.1, 0.15) is 52.0 Å². The lowest BCUT2D eigenvalue weighted by Crippen LogP contribution is -2.35. The molecule has 1 aromatic heterocycles. The minimum Gasteiger partial charge on any atom is -0.353 e. The molecule has 1 N–H and O–H groups in total. The lowest BCUT2D eigenvalue weighted by Gasteiger charge is -2.24. The van der Waals surface area contributed by atoms with Crippen molar-refractivity contribution in [1.29, 1.82) is 0 Å². The average Bonchev–Trinajstić information content (AvgIpc) is 3.26. The molecule has 0 aliphatic heterocycles. The predicted molar refractivity (Wildman–Crippen MR) is 83.9 cm³/mol. The zero-order valence-electron chi connectivity index (χ0n) is 13.0. The van der Waals surface area contributed by atoms with Gasteiger partial charge in [0.05, 0.1) is 0 Å². The number of pyridine rings is 1. The number of nitrogens with zero attached hydrogens (tertiary/aromatic N) is 2. The molecular formula is C17H27N3. The van der Waals surface area contributed by atoms with Crippen molar-refractivity contribution in [1.82, 2.24) is 10.3 Å². The average molecular weight is 273 g/mol. The third-order valence-corrected chi connectivity index (χ3v) is 4.07. The van der Waals surface area contributed by atoms with Crippen LogP contribution in [0.5, 0.6) is 0 Å². The van der Waals surface area contributed by atoms with Crippen molar-refractivity contribution in [3.8, 4) is 0 Å². The molecule has 3 rings (SSSR count). The smallest absolute Gasteiger partial charge is 0.128 e. The summed E-state index contributed by atoms with van der Waals surface area (Å²) in [6, 6.07) is 5.20. The van der Waals surface area contributed by atoms with Crippen LogP contribution in [0, 0.1) is 5.92 Å². The summed E-state index contributed by atoms with van der Waals surface area (Å²) in [6.45, 7) is 8.69. The van der Waals surface area contributed by atoms with E-state index in [0.29, 0.717) is 0 Å². The topological polar surface area (TPSA) is 28.2 Å². The summed E-state index contributed by atoms with van der Waals surface area (Å²) in [5.41, 5.74) is 1.43. The molecule has 3 heteroatoms. The maximum Gasteiger partial charge on any atom is 0.128 e. The van der Waals surface area contributed by atoms with Gasteiger partial charge in [0.1, 0.15) is 5.82 Å². The molecule has 110 valence electrons. The fourth-order valence-corrected chi connectivity index (χ4v) is 2.45. The van der Waals surface area contributed by atoms with Gasteiger partial charge in [-0.05, 0) is 64.0 Å². The number of anilines is 1. The molecule has 0 atom stereocenters. The molecule has 0 bridgehead atoms. The number of nitrogens with one attached hydrogen (secondary N) is 1. The Labute approximate surface area is 122 Å². The molecule has 2 aliphatic carbocycles. The summed E-state index contributed by atoms with van der Waals surface area (Å²) >= 11 is 0. The summed E-state index contributed by atoms with van der Waals surface area (Å²) in [6.07, 6.45) is 7.56. The molecular weight excluding hydrogens is 246 g/mol. The Morgan fingerprint density at radius 1 is 1.20 bits per heavy atom. The second-order valence-electron chi connectivity index (χ2n) is 7.46. The van der Waals surface area contributed by atoms with Gasteiger partial charge in [0.15, 0.2) is 0 Å². The Balaban J connectivity index is 1.61. The van der Waals surface area contributed by atoms with Gasteiger partial charge in [0.2, 0.25) is 0 Å². The van der Waals surface area contributed by atoms with Crippen LogP contribution in [-0.2, 0) is 6.54 Å². The quantitative estimate of drug-likeness (QED) is 0.861. The van der Waals surface area contributed by atoms with E-state index in [2.05, 4.69) is 43.1 Å². The SMILES string of the molecule is CC(C)(C)NCc1ccc(N(CC2CC2)C2CC2)nc1. The van der Waals surface area contributed by atoms with Gasteiger partial charge < -0.3 is 10.2 Å². The van der Waals surface area contributed by atoms with Crippen molar-refractivity contribution >= 4 is 5.82 Å². The van der Waals surface area contributed by atoms with Gasteiger partial charge in [-0.3, -0.25) is 0 Å². The lowest BCUT2D eigenvalue weighted by atomic mass is 10.1. The molecule has 2 saturated carbocycles. The minimum absolute atomic E-state index is 0.157. The molecule has 0 aromatic carbocycles. The number of hydrogen-bond donors (Lipinski definition) is 1. The van der Waals surface area contributed by atoms with Gasteiger partial charge in [-0.25, -0.2) is 4.98 Å². The Morgan fingerprint density at radius 3 is 2.45 bits per heavy atom. The first-order valence-corrected chi connectivity index (χ1v) is 7.98. The molecule has 0 unspecified atom stereocenters. The van der Waals surface area contributed by atoms with Crippen molar-refractivity contribution in [2.75, 3.05) is 11.4 Å². The van der Waals surface area contributed by atoms with Crippen LogP contribution in [0.4, 0.5) is 5.82 Å². The summed E-state index contributed by atoms with van der Waals surface area (Å²) in [7, 11) is 0. The summed E-state index contributed by atoms with van der Waals surface area (Å²) in [5.74, 6) is 2.11. The van der Waals surface area contributed by atoms with Crippen molar-refractivity contribution in [2.24, 2.45) is 5.92 Å². The monoisotopic (exact) mass is 273 g/mol. The number of aromatic nitrogens is 1. The highest BCUT2D eigenvalue weighted by atomic mass is 15.2. The molecule has 0 radical (unpaired) electrons. The van der Waals surface area contributed by atoms with Gasteiger partial charge in [0, 0.05) is 30.9 Å². The van der Waals surface area contributed by atoms with Gasteiger partial charge in [-0.2, -0.15) is 0 Å². The van der Waals surface area contributed by atoms with E-state index in [1.54, 1.807) is 0 Å². The van der Waals surface area contributed by atoms with E-state index in [1.165, 1.54) is 43.6 Å². The van der Waals surface area contributed by atoms with E-state index in [9.17, 15) is 0 Å². The Kier molecular flexibility index (Phi) is 3.72. The standard InChI is InChI=1S/C17H27N3/c1-17(2,3)19-11-14-6-9-16(18-10-14)20(15-7-8-15)12-13-4-5-13/h6,9-10,13,15,19H,4-5,7-8,11-12H2,1-3H3. The molecule has 0 spiro atoms. The van der Waals surface area contributed by atoms with Crippen LogP contribution in [-0.4, -0.2) is 23.1 Å². The predicted octanol–water partition coefficient (Wildman–Crippen LogP) is 3.35. The summed E-state index contributed by atoms with van der Waals surface area (Å²) in [4.78, 5) is 7.25. The molecule has 2 aliphatic rings. The van der Waals surface area contributed by atoms with Crippen LogP contribution in [0.2, 0.25) is 0 Å². The molecule has 0 saturated heterocycles. The maximum absolute atomic E-state index is 4.71. The molecule has 1 heterocycles. The summed E-state index contributed by atoms with van der Waals surface area (Å²) < 4.78 is 0. The highest BCUT2D eigenvalue weighted by Gasteiger charge is 2.34. The highest BCUT2D eigenvalue weighted by Crippen LogP contribution is 2.36. The second-order valence-corrected chi connectivity index (χ2v) is 7.46. The van der Waals surface area contributed by atoms with Crippen molar-refractivity contribution < 1.29 is 0 Å². The maximum atomic E-state index is 4.71. The van der Waals surface area contributed by atoms with E-state index >= 15 is 0 Å². The van der Waals surface area contributed by atoms with Crippen molar-refractivity contribution in [2.45, 2.75) is 64.6 Å². The highest BCUT2D eigenvalue weighted by molar-refractivity contribution is 5.42. The van der Waals surface area contributed by atoms with E-state index in [4.69, 9.17) is 4.98 Å². The van der Waals surface area contributed by atoms with Gasteiger partial charge >= 0.3 is 0 Å². The summed E-state index contributed by atoms with van der Waals surface area (Å²) in [5, 5.41) is 3.51.